The van der Waals surface area contributed by atoms with E-state index in [1.54, 1.807) is 0 Å². The van der Waals surface area contributed by atoms with Gasteiger partial charge in [-0.25, -0.2) is 0 Å². The molecule has 72 valence electrons. The molecule has 0 spiro atoms. The normalized spacial score (nSPS) is 10.2. The van der Waals surface area contributed by atoms with Gasteiger partial charge in [-0.15, -0.1) is 0 Å². The number of aliphatic hydroxyl groups excluding tert-OH is 2. The van der Waals surface area contributed by atoms with Gasteiger partial charge in [0.1, 0.15) is 0 Å². The first-order chi connectivity index (χ1) is 5.85. The van der Waals surface area contributed by atoms with Crippen LogP contribution in [-0.2, 0) is 4.79 Å². The summed E-state index contributed by atoms with van der Waals surface area (Å²) in [5, 5.41) is 19.9. The second-order valence-electron chi connectivity index (χ2n) is 2.80. The summed E-state index contributed by atoms with van der Waals surface area (Å²) in [4.78, 5) is 9.82. The number of nitrogens with one attached hydrogen (secondary N) is 1. The molecular weight excluding hydrogens is 158 g/mol. The van der Waals surface area contributed by atoms with Gasteiger partial charge in [-0.3, -0.25) is 4.79 Å². The van der Waals surface area contributed by atoms with Gasteiger partial charge in [0.2, 0.25) is 6.41 Å². The largest absolute Gasteiger partial charge is 0.396 e. The molecular formula is C8H17NO3. The second-order valence-corrected chi connectivity index (χ2v) is 2.80. The molecule has 12 heavy (non-hydrogen) atoms. The zero-order chi connectivity index (χ0) is 9.23. The Bertz CT molecular complexity index is 104. The van der Waals surface area contributed by atoms with E-state index in [1.807, 2.05) is 0 Å². The average Bonchev–Trinajstić information content (AvgIpc) is 2.11. The third-order valence-electron chi connectivity index (χ3n) is 1.78. The number of rotatable bonds is 8. The van der Waals surface area contributed by atoms with E-state index < -0.39 is 0 Å². The van der Waals surface area contributed by atoms with Gasteiger partial charge in [0.05, 0.1) is 0 Å². The minimum atomic E-state index is 0.00114. The van der Waals surface area contributed by atoms with E-state index in [4.69, 9.17) is 10.2 Å². The second kappa shape index (κ2) is 8.49. The predicted octanol–water partition coefficient (Wildman–Crippen LogP) is -0.497. The molecule has 4 nitrogen and oxygen atoms in total. The Balaban J connectivity index is 3.11. The third kappa shape index (κ3) is 6.12. The maximum atomic E-state index is 9.82. The van der Waals surface area contributed by atoms with Crippen LogP contribution in [-0.4, -0.2) is 36.4 Å². The number of unbranched alkanes of at least 4 members (excludes halogenated alkanes) is 1. The highest BCUT2D eigenvalue weighted by Crippen LogP contribution is 2.05. The number of amides is 1. The summed E-state index contributed by atoms with van der Waals surface area (Å²) < 4.78 is 0. The first-order valence-corrected chi connectivity index (χ1v) is 4.24. The fourth-order valence-electron chi connectivity index (χ4n) is 0.959. The van der Waals surface area contributed by atoms with Crippen LogP contribution in [0.5, 0.6) is 0 Å². The molecule has 4 heteroatoms. The summed E-state index contributed by atoms with van der Waals surface area (Å²) in [5.41, 5.74) is 0. The molecule has 0 bridgehead atoms. The first kappa shape index (κ1) is 11.4. The Hall–Kier alpha value is -0.610. The third-order valence-corrected chi connectivity index (χ3v) is 1.78. The van der Waals surface area contributed by atoms with Crippen molar-refractivity contribution in [3.8, 4) is 0 Å². The fraction of sp³-hybridized carbons (Fsp3) is 0.875. The summed E-state index contributed by atoms with van der Waals surface area (Å²) in [6.45, 7) is 0.752. The summed E-state index contributed by atoms with van der Waals surface area (Å²) in [6.07, 6.45) is 3.31. The molecule has 0 saturated carbocycles. The molecule has 0 aliphatic carbocycles. The van der Waals surface area contributed by atoms with E-state index >= 15 is 0 Å². The van der Waals surface area contributed by atoms with E-state index in [2.05, 4.69) is 5.32 Å². The van der Waals surface area contributed by atoms with Crippen molar-refractivity contribution in [2.75, 3.05) is 19.8 Å². The van der Waals surface area contributed by atoms with Crippen LogP contribution in [0.3, 0.4) is 0 Å². The van der Waals surface area contributed by atoms with Gasteiger partial charge >= 0.3 is 0 Å². The smallest absolute Gasteiger partial charge is 0.207 e. The van der Waals surface area contributed by atoms with Gasteiger partial charge in [-0.1, -0.05) is 6.42 Å². The Morgan fingerprint density at radius 3 is 2.42 bits per heavy atom. The maximum Gasteiger partial charge on any atom is 0.207 e. The highest BCUT2D eigenvalue weighted by atomic mass is 16.3. The molecule has 0 aromatic carbocycles. The van der Waals surface area contributed by atoms with Gasteiger partial charge in [0, 0.05) is 25.7 Å². The van der Waals surface area contributed by atoms with Gasteiger partial charge in [0.15, 0.2) is 0 Å². The highest BCUT2D eigenvalue weighted by Gasteiger charge is 2.03. The molecule has 0 aliphatic rings. The molecule has 1 amide bonds. The van der Waals surface area contributed by atoms with Crippen LogP contribution < -0.4 is 5.32 Å². The van der Waals surface area contributed by atoms with Crippen molar-refractivity contribution < 1.29 is 15.0 Å². The van der Waals surface area contributed by atoms with E-state index in [0.717, 1.165) is 19.3 Å². The summed E-state index contributed by atoms with van der Waals surface area (Å²) in [7, 11) is 0. The van der Waals surface area contributed by atoms with Crippen LogP contribution in [0.25, 0.3) is 0 Å². The van der Waals surface area contributed by atoms with Gasteiger partial charge in [0.25, 0.3) is 0 Å². The van der Waals surface area contributed by atoms with Crippen molar-refractivity contribution in [3.05, 3.63) is 0 Å². The lowest BCUT2D eigenvalue weighted by Gasteiger charge is -2.09. The molecule has 0 fully saturated rings. The van der Waals surface area contributed by atoms with E-state index in [1.165, 1.54) is 0 Å². The quantitative estimate of drug-likeness (QED) is 0.344. The molecule has 0 radical (unpaired) electrons. The summed E-state index contributed by atoms with van der Waals surface area (Å²) in [6, 6.07) is 0. The summed E-state index contributed by atoms with van der Waals surface area (Å²) in [5.74, 6) is 0.00114. The minimum absolute atomic E-state index is 0.00114. The molecule has 0 saturated heterocycles. The average molecular weight is 175 g/mol. The van der Waals surface area contributed by atoms with Crippen molar-refractivity contribution >= 4 is 6.41 Å². The lowest BCUT2D eigenvalue weighted by Crippen LogP contribution is -2.14. The number of hydrogen-bond acceptors (Lipinski definition) is 3. The topological polar surface area (TPSA) is 69.6 Å². The Morgan fingerprint density at radius 2 is 1.92 bits per heavy atom. The molecule has 0 aromatic rings. The molecule has 0 atom stereocenters. The molecule has 0 aromatic heterocycles. The van der Waals surface area contributed by atoms with Crippen molar-refractivity contribution in [2.24, 2.45) is 5.92 Å². The van der Waals surface area contributed by atoms with E-state index in [-0.39, 0.29) is 19.1 Å². The molecule has 0 rings (SSSR count). The van der Waals surface area contributed by atoms with Crippen LogP contribution >= 0.6 is 0 Å². The van der Waals surface area contributed by atoms with Gasteiger partial charge < -0.3 is 15.5 Å². The zero-order valence-electron chi connectivity index (χ0n) is 7.20. The number of hydrogen-bond donors (Lipinski definition) is 3. The molecule has 0 unspecified atom stereocenters. The van der Waals surface area contributed by atoms with Crippen LogP contribution in [0, 0.1) is 5.92 Å². The Kier molecular flexibility index (Phi) is 8.05. The van der Waals surface area contributed by atoms with Gasteiger partial charge in [-0.05, 0) is 12.8 Å². The van der Waals surface area contributed by atoms with E-state index in [9.17, 15) is 4.79 Å². The standard InChI is InChI=1S/C8H17NO3/c10-5-8(6-11)3-1-2-4-9-7-12/h7-8,10-11H,1-6H2,(H,9,12). The van der Waals surface area contributed by atoms with E-state index in [0.29, 0.717) is 13.0 Å². The first-order valence-electron chi connectivity index (χ1n) is 4.24. The van der Waals surface area contributed by atoms with Crippen molar-refractivity contribution in [1.82, 2.24) is 5.32 Å². The number of aliphatic hydroxyl groups is 2. The monoisotopic (exact) mass is 175 g/mol. The van der Waals surface area contributed by atoms with Crippen molar-refractivity contribution in [1.29, 1.82) is 0 Å². The molecule has 3 N–H and O–H groups in total. The highest BCUT2D eigenvalue weighted by molar-refractivity contribution is 5.45. The number of carbonyl (C=O) groups excluding carboxylic acids is 1. The van der Waals surface area contributed by atoms with Crippen molar-refractivity contribution in [2.45, 2.75) is 19.3 Å². The minimum Gasteiger partial charge on any atom is -0.396 e. The zero-order valence-corrected chi connectivity index (χ0v) is 7.20. The molecule has 0 aliphatic heterocycles. The lowest BCUT2D eigenvalue weighted by molar-refractivity contribution is -0.109. The molecule has 0 heterocycles. The fourth-order valence-corrected chi connectivity index (χ4v) is 0.959. The van der Waals surface area contributed by atoms with Gasteiger partial charge in [-0.2, -0.15) is 0 Å². The van der Waals surface area contributed by atoms with Crippen LogP contribution in [0.2, 0.25) is 0 Å². The van der Waals surface area contributed by atoms with Crippen molar-refractivity contribution in [3.63, 3.8) is 0 Å². The predicted molar refractivity (Wildman–Crippen MR) is 45.6 cm³/mol. The Labute approximate surface area is 72.6 Å². The van der Waals surface area contributed by atoms with Crippen LogP contribution in [0.15, 0.2) is 0 Å². The Morgan fingerprint density at radius 1 is 1.25 bits per heavy atom. The maximum absolute atomic E-state index is 9.82. The van der Waals surface area contributed by atoms with Crippen LogP contribution in [0.4, 0.5) is 0 Å². The summed E-state index contributed by atoms with van der Waals surface area (Å²) >= 11 is 0. The SMILES string of the molecule is O=CNCCCCC(CO)CO. The number of carbonyl (C=O) groups is 1. The lowest BCUT2D eigenvalue weighted by atomic mass is 10.0. The van der Waals surface area contributed by atoms with Crippen LogP contribution in [0.1, 0.15) is 19.3 Å².